The molecule has 1 saturated carbocycles. The highest BCUT2D eigenvalue weighted by molar-refractivity contribution is 5.87. The molecule has 1 aromatic rings. The first-order valence-electron chi connectivity index (χ1n) is 12.2. The van der Waals surface area contributed by atoms with Crippen molar-refractivity contribution >= 4 is 17.9 Å². The molecule has 0 radical (unpaired) electrons. The number of carbonyl (C=O) groups excluding carboxylic acids is 3. The van der Waals surface area contributed by atoms with Crippen molar-refractivity contribution in [1.29, 1.82) is 0 Å². The average Bonchev–Trinajstić information content (AvgIpc) is 3.47. The molecule has 1 aliphatic carbocycles. The summed E-state index contributed by atoms with van der Waals surface area (Å²) in [4.78, 5) is 38.1. The van der Waals surface area contributed by atoms with Crippen LogP contribution in [0, 0.1) is 5.92 Å². The molecule has 0 aromatic heterocycles. The minimum Gasteiger partial charge on any atom is -0.444 e. The zero-order valence-corrected chi connectivity index (χ0v) is 20.0. The van der Waals surface area contributed by atoms with Crippen LogP contribution in [0.3, 0.4) is 0 Å². The minimum absolute atomic E-state index is 0.0947. The maximum absolute atomic E-state index is 13.2. The Hall–Kier alpha value is -2.65. The molecular weight excluding hydrogens is 438 g/mol. The van der Waals surface area contributed by atoms with E-state index in [1.165, 1.54) is 0 Å². The Morgan fingerprint density at radius 1 is 1.09 bits per heavy atom. The average molecular weight is 476 g/mol. The normalized spacial score (nSPS) is 20.3. The van der Waals surface area contributed by atoms with Crippen LogP contribution in [0.15, 0.2) is 30.3 Å². The van der Waals surface area contributed by atoms with Crippen molar-refractivity contribution in [2.24, 2.45) is 5.92 Å². The van der Waals surface area contributed by atoms with Crippen molar-refractivity contribution in [2.45, 2.75) is 82.7 Å². The van der Waals surface area contributed by atoms with Gasteiger partial charge in [0.05, 0.1) is 19.3 Å². The van der Waals surface area contributed by atoms with E-state index in [4.69, 9.17) is 9.47 Å². The molecule has 1 aliphatic heterocycles. The summed E-state index contributed by atoms with van der Waals surface area (Å²) in [5.74, 6) is -0.823. The number of benzene rings is 1. The zero-order valence-electron chi connectivity index (χ0n) is 20.0. The molecule has 0 bridgehead atoms. The summed E-state index contributed by atoms with van der Waals surface area (Å²) in [6, 6.07) is 8.11. The van der Waals surface area contributed by atoms with Crippen LogP contribution in [0.2, 0.25) is 0 Å². The number of nitrogens with one attached hydrogen (secondary N) is 3. The Morgan fingerprint density at radius 3 is 2.44 bits per heavy atom. The van der Waals surface area contributed by atoms with E-state index in [0.717, 1.165) is 18.4 Å². The van der Waals surface area contributed by atoms with Gasteiger partial charge in [0.2, 0.25) is 5.91 Å². The Labute approximate surface area is 201 Å². The maximum Gasteiger partial charge on any atom is 0.408 e. The number of alkyl carbamates (subject to hydrolysis) is 1. The van der Waals surface area contributed by atoms with Crippen LogP contribution in [0.25, 0.3) is 0 Å². The Balaban J connectivity index is 1.64. The lowest BCUT2D eigenvalue weighted by Gasteiger charge is -2.27. The third-order valence-corrected chi connectivity index (χ3v) is 5.97. The van der Waals surface area contributed by atoms with Gasteiger partial charge in [0, 0.05) is 12.5 Å². The van der Waals surface area contributed by atoms with Gasteiger partial charge in [-0.1, -0.05) is 44.2 Å². The molecule has 2 aliphatic rings. The lowest BCUT2D eigenvalue weighted by molar-refractivity contribution is -0.133. The third-order valence-electron chi connectivity index (χ3n) is 5.97. The SMILES string of the molecule is CC(C)C[C@H](NC(=O)O[C@H]1CCOC1)C(=O)N[C@@H](CCc1ccccc1)C(O)C(=O)NC1CC1. The molecule has 9 nitrogen and oxygen atoms in total. The molecule has 4 atom stereocenters. The van der Waals surface area contributed by atoms with Crippen molar-refractivity contribution < 1.29 is 29.0 Å². The largest absolute Gasteiger partial charge is 0.444 e. The predicted molar refractivity (Wildman–Crippen MR) is 126 cm³/mol. The molecule has 188 valence electrons. The number of aliphatic hydroxyl groups is 1. The molecule has 0 spiro atoms. The van der Waals surface area contributed by atoms with Gasteiger partial charge in [-0.3, -0.25) is 9.59 Å². The van der Waals surface area contributed by atoms with E-state index in [0.29, 0.717) is 38.9 Å². The van der Waals surface area contributed by atoms with E-state index in [1.54, 1.807) is 0 Å². The van der Waals surface area contributed by atoms with Gasteiger partial charge in [-0.15, -0.1) is 0 Å². The van der Waals surface area contributed by atoms with Gasteiger partial charge >= 0.3 is 6.09 Å². The highest BCUT2D eigenvalue weighted by atomic mass is 16.6. The van der Waals surface area contributed by atoms with Crippen LogP contribution in [-0.4, -0.2) is 66.6 Å². The van der Waals surface area contributed by atoms with Gasteiger partial charge in [0.15, 0.2) is 6.10 Å². The number of ether oxygens (including phenoxy) is 2. The maximum atomic E-state index is 13.2. The fourth-order valence-corrected chi connectivity index (χ4v) is 3.89. The molecule has 9 heteroatoms. The number of aryl methyl sites for hydroxylation is 1. The third kappa shape index (κ3) is 8.61. The number of hydrogen-bond donors (Lipinski definition) is 4. The summed E-state index contributed by atoms with van der Waals surface area (Å²) >= 11 is 0. The number of aliphatic hydroxyl groups excluding tert-OH is 1. The van der Waals surface area contributed by atoms with Gasteiger partial charge in [-0.25, -0.2) is 4.79 Å². The van der Waals surface area contributed by atoms with Crippen molar-refractivity contribution in [3.8, 4) is 0 Å². The van der Waals surface area contributed by atoms with Crippen LogP contribution >= 0.6 is 0 Å². The molecule has 3 rings (SSSR count). The van der Waals surface area contributed by atoms with E-state index in [-0.39, 0.29) is 18.1 Å². The molecule has 34 heavy (non-hydrogen) atoms. The van der Waals surface area contributed by atoms with Crippen molar-refractivity contribution in [3.63, 3.8) is 0 Å². The monoisotopic (exact) mass is 475 g/mol. The van der Waals surface area contributed by atoms with Crippen LogP contribution in [0.1, 0.15) is 51.5 Å². The lowest BCUT2D eigenvalue weighted by Crippen LogP contribution is -2.56. The fourth-order valence-electron chi connectivity index (χ4n) is 3.89. The quantitative estimate of drug-likeness (QED) is 0.364. The number of carbonyl (C=O) groups is 3. The second kappa shape index (κ2) is 12.7. The van der Waals surface area contributed by atoms with Gasteiger partial charge in [-0.2, -0.15) is 0 Å². The van der Waals surface area contributed by atoms with Crippen molar-refractivity contribution in [1.82, 2.24) is 16.0 Å². The van der Waals surface area contributed by atoms with Crippen LogP contribution in [0.4, 0.5) is 4.79 Å². The Bertz CT molecular complexity index is 808. The highest BCUT2D eigenvalue weighted by Crippen LogP contribution is 2.19. The smallest absolute Gasteiger partial charge is 0.408 e. The highest BCUT2D eigenvalue weighted by Gasteiger charge is 2.34. The molecule has 1 saturated heterocycles. The molecule has 1 aromatic carbocycles. The summed E-state index contributed by atoms with van der Waals surface area (Å²) in [5.41, 5.74) is 1.04. The van der Waals surface area contributed by atoms with E-state index in [1.807, 2.05) is 44.2 Å². The van der Waals surface area contributed by atoms with Crippen LogP contribution in [-0.2, 0) is 25.5 Å². The van der Waals surface area contributed by atoms with Gasteiger partial charge in [-0.05, 0) is 43.6 Å². The van der Waals surface area contributed by atoms with E-state index in [2.05, 4.69) is 16.0 Å². The Kier molecular flexibility index (Phi) is 9.71. The summed E-state index contributed by atoms with van der Waals surface area (Å²) in [7, 11) is 0. The topological polar surface area (TPSA) is 126 Å². The lowest BCUT2D eigenvalue weighted by atomic mass is 9.98. The van der Waals surface area contributed by atoms with Gasteiger partial charge in [0.25, 0.3) is 5.91 Å². The molecule has 3 amide bonds. The van der Waals surface area contributed by atoms with Crippen molar-refractivity contribution in [2.75, 3.05) is 13.2 Å². The van der Waals surface area contributed by atoms with Crippen LogP contribution in [0.5, 0.6) is 0 Å². The summed E-state index contributed by atoms with van der Waals surface area (Å²) in [5, 5.41) is 19.0. The van der Waals surface area contributed by atoms with E-state index < -0.39 is 36.1 Å². The predicted octanol–water partition coefficient (Wildman–Crippen LogP) is 1.67. The minimum atomic E-state index is -1.39. The van der Waals surface area contributed by atoms with E-state index in [9.17, 15) is 19.5 Å². The Morgan fingerprint density at radius 2 is 1.82 bits per heavy atom. The molecule has 2 fully saturated rings. The van der Waals surface area contributed by atoms with E-state index >= 15 is 0 Å². The van der Waals surface area contributed by atoms with Crippen LogP contribution < -0.4 is 16.0 Å². The van der Waals surface area contributed by atoms with Gasteiger partial charge in [0.1, 0.15) is 12.1 Å². The number of amides is 3. The second-order valence-electron chi connectivity index (χ2n) is 9.58. The molecule has 4 N–H and O–H groups in total. The first-order valence-corrected chi connectivity index (χ1v) is 12.2. The number of rotatable bonds is 12. The number of hydrogen-bond acceptors (Lipinski definition) is 6. The summed E-state index contributed by atoms with van der Waals surface area (Å²) < 4.78 is 10.6. The summed E-state index contributed by atoms with van der Waals surface area (Å²) in [6.07, 6.45) is 1.35. The summed E-state index contributed by atoms with van der Waals surface area (Å²) in [6.45, 7) is 4.78. The first-order chi connectivity index (χ1) is 16.3. The fraction of sp³-hybridized carbons (Fsp3) is 0.640. The van der Waals surface area contributed by atoms with Crippen molar-refractivity contribution in [3.05, 3.63) is 35.9 Å². The second-order valence-corrected chi connectivity index (χ2v) is 9.58. The first kappa shape index (κ1) is 26.0. The zero-order chi connectivity index (χ0) is 24.5. The molecule has 1 unspecified atom stereocenters. The molecule has 1 heterocycles. The molecular formula is C25H37N3O6. The standard InChI is InChI=1S/C25H37N3O6/c1-16(2)14-21(28-25(32)34-19-12-13-33-15-19)23(30)27-20(11-8-17-6-4-3-5-7-17)22(29)24(31)26-18-9-10-18/h3-7,16,18-22,29H,8-15H2,1-2H3,(H,26,31)(H,27,30)(H,28,32)/t19-,20-,21-,22?/m0/s1. The van der Waals surface area contributed by atoms with Gasteiger partial charge < -0.3 is 30.5 Å².